The number of hydrogen-bond acceptors (Lipinski definition) is 6. The molecule has 176 valence electrons. The number of halogens is 2. The first kappa shape index (κ1) is 22.1. The van der Waals surface area contributed by atoms with Gasteiger partial charge in [-0.2, -0.15) is 10.2 Å². The number of hydrogen-bond donors (Lipinski definition) is 1. The number of esters is 1. The largest absolute Gasteiger partial charge is 0.464 e. The van der Waals surface area contributed by atoms with Gasteiger partial charge in [-0.25, -0.2) is 23.0 Å². The molecule has 4 heterocycles. The number of carbonyl (C=O) groups excluding carboxylic acids is 2. The van der Waals surface area contributed by atoms with E-state index >= 15 is 4.39 Å². The van der Waals surface area contributed by atoms with Crippen LogP contribution in [0.2, 0.25) is 0 Å². The number of amides is 1. The monoisotopic (exact) mass is 476 g/mol. The summed E-state index contributed by atoms with van der Waals surface area (Å²) >= 11 is 0. The summed E-state index contributed by atoms with van der Waals surface area (Å²) in [4.78, 5) is 28.4. The molecule has 0 unspecified atom stereocenters. The topological polar surface area (TPSA) is 103 Å². The minimum Gasteiger partial charge on any atom is -0.464 e. The molecule has 0 aliphatic rings. The number of anilines is 1. The quantitative estimate of drug-likeness (QED) is 0.374. The summed E-state index contributed by atoms with van der Waals surface area (Å²) < 4.78 is 37.4. The van der Waals surface area contributed by atoms with Crippen LogP contribution in [0.3, 0.4) is 0 Å². The molecule has 5 rings (SSSR count). The highest BCUT2D eigenvalue weighted by molar-refractivity contribution is 6.08. The Morgan fingerprint density at radius 3 is 2.69 bits per heavy atom. The maximum Gasteiger partial charge on any atom is 0.302 e. The predicted octanol–water partition coefficient (Wildman–Crippen LogP) is 3.84. The van der Waals surface area contributed by atoms with Gasteiger partial charge in [0.15, 0.2) is 17.3 Å². The third kappa shape index (κ3) is 4.19. The van der Waals surface area contributed by atoms with Crippen LogP contribution < -0.4 is 5.32 Å². The third-order valence-corrected chi connectivity index (χ3v) is 5.32. The number of nitrogens with zero attached hydrogens (tertiary/aromatic N) is 5. The molecule has 0 spiro atoms. The van der Waals surface area contributed by atoms with Crippen LogP contribution in [-0.4, -0.2) is 42.9 Å². The summed E-state index contributed by atoms with van der Waals surface area (Å²) in [7, 11) is 0. The van der Waals surface area contributed by atoms with Crippen molar-refractivity contribution in [3.63, 3.8) is 0 Å². The zero-order valence-electron chi connectivity index (χ0n) is 18.4. The zero-order valence-corrected chi connectivity index (χ0v) is 18.4. The standard InChI is InChI=1S/C24H18F2N6O3/c1-14(33)35-11-10-32-23-16(22(30-32)29-24(34)15-6-2-3-7-18(15)25)12-19(26)21(28-23)17-13-27-31-9-5-4-8-20(17)31/h2-9,12-13H,10-11H2,1H3,(H,29,30,34). The molecule has 0 radical (unpaired) electrons. The maximum absolute atomic E-state index is 15.3. The Balaban J connectivity index is 1.60. The average molecular weight is 476 g/mol. The van der Waals surface area contributed by atoms with Gasteiger partial charge < -0.3 is 10.1 Å². The van der Waals surface area contributed by atoms with Gasteiger partial charge in [0.1, 0.15) is 18.1 Å². The summed E-state index contributed by atoms with van der Waals surface area (Å²) in [6, 6.07) is 12.1. The molecule has 0 saturated carbocycles. The van der Waals surface area contributed by atoms with E-state index in [1.165, 1.54) is 42.1 Å². The van der Waals surface area contributed by atoms with Crippen molar-refractivity contribution in [2.24, 2.45) is 0 Å². The highest BCUT2D eigenvalue weighted by Gasteiger charge is 2.21. The van der Waals surface area contributed by atoms with Crippen LogP contribution in [0.1, 0.15) is 17.3 Å². The first-order chi connectivity index (χ1) is 16.9. The van der Waals surface area contributed by atoms with Gasteiger partial charge in [0.25, 0.3) is 5.91 Å². The molecule has 0 atom stereocenters. The normalized spacial score (nSPS) is 11.2. The van der Waals surface area contributed by atoms with Crippen LogP contribution in [0.4, 0.5) is 14.6 Å². The molecule has 0 saturated heterocycles. The highest BCUT2D eigenvalue weighted by atomic mass is 19.1. The van der Waals surface area contributed by atoms with Gasteiger partial charge in [-0.1, -0.05) is 18.2 Å². The summed E-state index contributed by atoms with van der Waals surface area (Å²) in [6.07, 6.45) is 3.24. The summed E-state index contributed by atoms with van der Waals surface area (Å²) in [5.74, 6) is -2.59. The van der Waals surface area contributed by atoms with E-state index in [1.807, 2.05) is 0 Å². The molecule has 5 aromatic rings. The second-order valence-corrected chi connectivity index (χ2v) is 7.62. The summed E-state index contributed by atoms with van der Waals surface area (Å²) in [5.41, 5.74) is 1.21. The number of aromatic nitrogens is 5. The Hall–Kier alpha value is -4.67. The van der Waals surface area contributed by atoms with E-state index in [4.69, 9.17) is 4.74 Å². The first-order valence-electron chi connectivity index (χ1n) is 10.6. The number of ether oxygens (including phenoxy) is 1. The summed E-state index contributed by atoms with van der Waals surface area (Å²) in [6.45, 7) is 1.36. The van der Waals surface area contributed by atoms with Gasteiger partial charge >= 0.3 is 5.97 Å². The molecule has 11 heteroatoms. The predicted molar refractivity (Wildman–Crippen MR) is 123 cm³/mol. The van der Waals surface area contributed by atoms with Crippen molar-refractivity contribution in [2.75, 3.05) is 11.9 Å². The van der Waals surface area contributed by atoms with Gasteiger partial charge in [0.05, 0.1) is 29.2 Å². The van der Waals surface area contributed by atoms with Crippen molar-refractivity contribution in [1.82, 2.24) is 24.4 Å². The van der Waals surface area contributed by atoms with Gasteiger partial charge in [-0.05, 0) is 30.3 Å². The Bertz CT molecular complexity index is 1590. The fourth-order valence-electron chi connectivity index (χ4n) is 3.72. The molecule has 35 heavy (non-hydrogen) atoms. The molecule has 1 amide bonds. The summed E-state index contributed by atoms with van der Waals surface area (Å²) in [5, 5.41) is 11.3. The number of nitrogens with one attached hydrogen (secondary N) is 1. The van der Waals surface area contributed by atoms with Crippen LogP contribution in [-0.2, 0) is 16.1 Å². The molecule has 9 nitrogen and oxygen atoms in total. The lowest BCUT2D eigenvalue weighted by atomic mass is 10.1. The molecule has 0 aliphatic carbocycles. The highest BCUT2D eigenvalue weighted by Crippen LogP contribution is 2.31. The molecule has 1 aromatic carbocycles. The van der Waals surface area contributed by atoms with Gasteiger partial charge in [0, 0.05) is 18.7 Å². The van der Waals surface area contributed by atoms with Crippen molar-refractivity contribution in [3.05, 3.63) is 78.1 Å². The zero-order chi connectivity index (χ0) is 24.5. The van der Waals surface area contributed by atoms with Crippen LogP contribution in [0.15, 0.2) is 60.9 Å². The smallest absolute Gasteiger partial charge is 0.302 e. The Morgan fingerprint density at radius 1 is 1.09 bits per heavy atom. The van der Waals surface area contributed by atoms with Crippen molar-refractivity contribution < 1.29 is 23.1 Å². The van der Waals surface area contributed by atoms with Gasteiger partial charge in [-0.15, -0.1) is 0 Å². The molecule has 1 N–H and O–H groups in total. The van der Waals surface area contributed by atoms with E-state index in [1.54, 1.807) is 28.9 Å². The molecular weight excluding hydrogens is 458 g/mol. The fraction of sp³-hybridized carbons (Fsp3) is 0.125. The number of fused-ring (bicyclic) bond motifs is 2. The molecule has 0 aliphatic heterocycles. The van der Waals surface area contributed by atoms with Gasteiger partial charge in [0.2, 0.25) is 0 Å². The Labute approximate surface area is 197 Å². The van der Waals surface area contributed by atoms with Crippen molar-refractivity contribution in [2.45, 2.75) is 13.5 Å². The lowest BCUT2D eigenvalue weighted by molar-refractivity contribution is -0.141. The lowest BCUT2D eigenvalue weighted by Gasteiger charge is -2.05. The third-order valence-electron chi connectivity index (χ3n) is 5.32. The van der Waals surface area contributed by atoms with Crippen molar-refractivity contribution >= 4 is 34.2 Å². The molecular formula is C24H18F2N6O3. The first-order valence-corrected chi connectivity index (χ1v) is 10.6. The number of pyridine rings is 2. The minimum absolute atomic E-state index is 0.00566. The molecule has 4 aromatic heterocycles. The van der Waals surface area contributed by atoms with Gasteiger partial charge in [-0.3, -0.25) is 9.59 Å². The maximum atomic E-state index is 15.3. The second kappa shape index (κ2) is 8.93. The number of carbonyl (C=O) groups is 2. The van der Waals surface area contributed by atoms with Crippen LogP contribution in [0.5, 0.6) is 0 Å². The molecule has 0 bridgehead atoms. The van der Waals surface area contributed by atoms with E-state index < -0.39 is 23.5 Å². The number of rotatable bonds is 6. The minimum atomic E-state index is -0.748. The SMILES string of the molecule is CC(=O)OCCn1nc(NC(=O)c2ccccc2F)c2cc(F)c(-c3cnn4ccccc34)nc21. The fourth-order valence-corrected chi connectivity index (χ4v) is 3.72. The molecule has 0 fully saturated rings. The van der Waals surface area contributed by atoms with Crippen molar-refractivity contribution in [3.8, 4) is 11.3 Å². The average Bonchev–Trinajstić information content (AvgIpc) is 3.40. The second-order valence-electron chi connectivity index (χ2n) is 7.62. The van der Waals surface area contributed by atoms with Crippen LogP contribution >= 0.6 is 0 Å². The van der Waals surface area contributed by atoms with E-state index in [0.717, 1.165) is 6.07 Å². The van der Waals surface area contributed by atoms with Crippen LogP contribution in [0.25, 0.3) is 27.8 Å². The Kier molecular flexibility index (Phi) is 5.65. The number of benzene rings is 1. The lowest BCUT2D eigenvalue weighted by Crippen LogP contribution is -2.15. The van der Waals surface area contributed by atoms with E-state index in [2.05, 4.69) is 20.5 Å². The van der Waals surface area contributed by atoms with Crippen LogP contribution in [0, 0.1) is 11.6 Å². The van der Waals surface area contributed by atoms with E-state index in [0.29, 0.717) is 11.1 Å². The van der Waals surface area contributed by atoms with E-state index in [9.17, 15) is 14.0 Å². The Morgan fingerprint density at radius 2 is 1.89 bits per heavy atom. The van der Waals surface area contributed by atoms with Crippen molar-refractivity contribution in [1.29, 1.82) is 0 Å². The van der Waals surface area contributed by atoms with E-state index in [-0.39, 0.29) is 41.3 Å².